The number of aliphatic hydroxyl groups excluding tert-OH is 1. The summed E-state index contributed by atoms with van der Waals surface area (Å²) in [4.78, 5) is 10.8. The molecule has 2 atom stereocenters. The van der Waals surface area contributed by atoms with Crippen molar-refractivity contribution in [2.24, 2.45) is 0 Å². The summed E-state index contributed by atoms with van der Waals surface area (Å²) in [6.07, 6.45) is -1.68. The molecule has 0 bridgehead atoms. The van der Waals surface area contributed by atoms with E-state index in [0.717, 1.165) is 0 Å². The van der Waals surface area contributed by atoms with E-state index in [1.54, 1.807) is 0 Å². The van der Waals surface area contributed by atoms with Crippen molar-refractivity contribution in [3.05, 3.63) is 29.6 Å². The van der Waals surface area contributed by atoms with Crippen molar-refractivity contribution < 1.29 is 23.8 Å². The number of halogens is 1. The first-order valence-corrected chi connectivity index (χ1v) is 5.61. The Morgan fingerprint density at radius 3 is 3.06 bits per heavy atom. The lowest BCUT2D eigenvalue weighted by Gasteiger charge is -2.15. The number of nitrogens with one attached hydrogen (secondary N) is 1. The van der Waals surface area contributed by atoms with Crippen molar-refractivity contribution >= 4 is 6.09 Å². The second kappa shape index (κ2) is 5.22. The number of amides is 1. The first kappa shape index (κ1) is 12.6. The highest BCUT2D eigenvalue weighted by Gasteiger charge is 2.23. The Hall–Kier alpha value is -1.82. The van der Waals surface area contributed by atoms with Gasteiger partial charge in [0.25, 0.3) is 0 Å². The van der Waals surface area contributed by atoms with Crippen LogP contribution in [0.3, 0.4) is 0 Å². The Kier molecular flexibility index (Phi) is 3.66. The van der Waals surface area contributed by atoms with Crippen molar-refractivity contribution in [1.82, 2.24) is 5.32 Å². The smallest absolute Gasteiger partial charge is 0.407 e. The zero-order valence-electron chi connectivity index (χ0n) is 9.85. The van der Waals surface area contributed by atoms with Gasteiger partial charge in [-0.15, -0.1) is 0 Å². The fourth-order valence-electron chi connectivity index (χ4n) is 1.68. The number of alkyl carbamates (subject to hydrolysis) is 1. The highest BCUT2D eigenvalue weighted by molar-refractivity contribution is 5.69. The molecule has 6 heteroatoms. The molecule has 2 N–H and O–H groups in total. The zero-order valence-corrected chi connectivity index (χ0v) is 9.85. The Labute approximate surface area is 104 Å². The Morgan fingerprint density at radius 2 is 2.44 bits per heavy atom. The molecule has 18 heavy (non-hydrogen) atoms. The highest BCUT2D eigenvalue weighted by Crippen LogP contribution is 2.26. The topological polar surface area (TPSA) is 67.8 Å². The van der Waals surface area contributed by atoms with Gasteiger partial charge >= 0.3 is 6.09 Å². The fourth-order valence-corrected chi connectivity index (χ4v) is 1.68. The van der Waals surface area contributed by atoms with Crippen LogP contribution in [0.5, 0.6) is 5.75 Å². The number of rotatable bonds is 4. The van der Waals surface area contributed by atoms with Gasteiger partial charge in [-0.1, -0.05) is 0 Å². The van der Waals surface area contributed by atoms with Gasteiger partial charge in [-0.2, -0.15) is 0 Å². The molecule has 1 saturated heterocycles. The van der Waals surface area contributed by atoms with E-state index in [4.69, 9.17) is 9.47 Å². The van der Waals surface area contributed by atoms with E-state index in [-0.39, 0.29) is 12.7 Å². The molecule has 1 unspecified atom stereocenters. The third-order valence-corrected chi connectivity index (χ3v) is 2.59. The molecule has 0 aliphatic carbocycles. The normalized spacial score (nSPS) is 20.2. The second-order valence-corrected chi connectivity index (χ2v) is 4.08. The summed E-state index contributed by atoms with van der Waals surface area (Å²) in [6.45, 7) is 2.06. The van der Waals surface area contributed by atoms with Gasteiger partial charge in [-0.25, -0.2) is 9.18 Å². The molecule has 0 spiro atoms. The predicted octanol–water partition coefficient (Wildman–Crippen LogP) is 1.37. The van der Waals surface area contributed by atoms with Crippen molar-refractivity contribution in [2.45, 2.75) is 19.1 Å². The Bertz CT molecular complexity index is 450. The van der Waals surface area contributed by atoms with E-state index in [2.05, 4.69) is 5.32 Å². The predicted molar refractivity (Wildman–Crippen MR) is 60.8 cm³/mol. The van der Waals surface area contributed by atoms with E-state index >= 15 is 0 Å². The number of carbonyl (C=O) groups excluding carboxylic acids is 1. The molecular formula is C12H14FNO4. The van der Waals surface area contributed by atoms with Gasteiger partial charge in [0.15, 0.2) is 6.10 Å². The number of hydrogen-bond acceptors (Lipinski definition) is 4. The highest BCUT2D eigenvalue weighted by atomic mass is 19.1. The van der Waals surface area contributed by atoms with Gasteiger partial charge in [-0.3, -0.25) is 0 Å². The largest absolute Gasteiger partial charge is 0.489 e. The van der Waals surface area contributed by atoms with E-state index in [1.807, 2.05) is 0 Å². The maximum Gasteiger partial charge on any atom is 0.407 e. The Balaban J connectivity index is 2.02. The van der Waals surface area contributed by atoms with Crippen molar-refractivity contribution in [3.63, 3.8) is 0 Å². The lowest BCUT2D eigenvalue weighted by atomic mass is 10.1. The summed E-state index contributed by atoms with van der Waals surface area (Å²) < 4.78 is 23.4. The molecular weight excluding hydrogens is 241 g/mol. The number of carbonyl (C=O) groups is 1. The van der Waals surface area contributed by atoms with Crippen LogP contribution in [-0.2, 0) is 4.74 Å². The summed E-state index contributed by atoms with van der Waals surface area (Å²) in [7, 11) is 0. The number of aliphatic hydroxyl groups is 1. The number of cyclic esters (lactones) is 1. The maximum absolute atomic E-state index is 13.1. The second-order valence-electron chi connectivity index (χ2n) is 4.08. The molecule has 98 valence electrons. The number of benzene rings is 1. The van der Waals surface area contributed by atoms with Crippen LogP contribution in [0.15, 0.2) is 18.2 Å². The minimum Gasteiger partial charge on any atom is -0.489 e. The molecule has 5 nitrogen and oxygen atoms in total. The van der Waals surface area contributed by atoms with Gasteiger partial charge < -0.3 is 19.9 Å². The van der Waals surface area contributed by atoms with Crippen LogP contribution in [0.4, 0.5) is 9.18 Å². The average molecular weight is 255 g/mol. The monoisotopic (exact) mass is 255 g/mol. The SMILES string of the molecule is C[C@H](O)c1cc(F)ccc1OCC1CNC(=O)O1. The van der Waals surface area contributed by atoms with Crippen molar-refractivity contribution in [1.29, 1.82) is 0 Å². The van der Waals surface area contributed by atoms with E-state index < -0.39 is 18.0 Å². The quantitative estimate of drug-likeness (QED) is 0.852. The van der Waals surface area contributed by atoms with E-state index in [9.17, 15) is 14.3 Å². The molecule has 1 aromatic rings. The minimum atomic E-state index is -0.833. The Morgan fingerprint density at radius 1 is 1.67 bits per heavy atom. The van der Waals surface area contributed by atoms with Gasteiger partial charge in [0.2, 0.25) is 0 Å². The molecule has 1 amide bonds. The van der Waals surface area contributed by atoms with Gasteiger partial charge in [0, 0.05) is 5.56 Å². The molecule has 1 heterocycles. The van der Waals surface area contributed by atoms with Crippen LogP contribution < -0.4 is 10.1 Å². The van der Waals surface area contributed by atoms with Crippen molar-refractivity contribution in [3.8, 4) is 5.75 Å². The molecule has 0 radical (unpaired) electrons. The van der Waals surface area contributed by atoms with Crippen LogP contribution in [0.1, 0.15) is 18.6 Å². The van der Waals surface area contributed by atoms with Crippen LogP contribution in [0.25, 0.3) is 0 Å². The molecule has 0 aromatic heterocycles. The lowest BCUT2D eigenvalue weighted by Crippen LogP contribution is -2.22. The molecule has 1 aliphatic rings. The summed E-state index contributed by atoms with van der Waals surface area (Å²) in [5, 5.41) is 12.0. The summed E-state index contributed by atoms with van der Waals surface area (Å²) in [6, 6.07) is 3.92. The first-order chi connectivity index (χ1) is 8.56. The van der Waals surface area contributed by atoms with Crippen LogP contribution in [0.2, 0.25) is 0 Å². The van der Waals surface area contributed by atoms with E-state index in [1.165, 1.54) is 25.1 Å². The fraction of sp³-hybridized carbons (Fsp3) is 0.417. The third-order valence-electron chi connectivity index (χ3n) is 2.59. The molecule has 0 saturated carbocycles. The zero-order chi connectivity index (χ0) is 13.1. The molecule has 1 fully saturated rings. The van der Waals surface area contributed by atoms with Crippen LogP contribution in [-0.4, -0.2) is 30.5 Å². The van der Waals surface area contributed by atoms with Crippen LogP contribution in [0, 0.1) is 5.82 Å². The van der Waals surface area contributed by atoms with Gasteiger partial charge in [-0.05, 0) is 25.1 Å². The summed E-state index contributed by atoms with van der Waals surface area (Å²) >= 11 is 0. The van der Waals surface area contributed by atoms with Crippen molar-refractivity contribution in [2.75, 3.05) is 13.2 Å². The van der Waals surface area contributed by atoms with E-state index in [0.29, 0.717) is 17.9 Å². The van der Waals surface area contributed by atoms with Gasteiger partial charge in [0.05, 0.1) is 12.6 Å². The molecule has 1 aliphatic heterocycles. The summed E-state index contributed by atoms with van der Waals surface area (Å²) in [5.74, 6) is -0.0541. The molecule has 2 rings (SSSR count). The minimum absolute atomic E-state index is 0.157. The number of ether oxygens (including phenoxy) is 2. The lowest BCUT2D eigenvalue weighted by molar-refractivity contribution is 0.102. The summed E-state index contributed by atoms with van der Waals surface area (Å²) in [5.41, 5.74) is 0.368. The van der Waals surface area contributed by atoms with Crippen LogP contribution >= 0.6 is 0 Å². The maximum atomic E-state index is 13.1. The standard InChI is InChI=1S/C12H14FNO4/c1-7(15)10-4-8(13)2-3-11(10)17-6-9-5-14-12(16)18-9/h2-4,7,9,15H,5-6H2,1H3,(H,14,16)/t7-,9?/m0/s1. The van der Waals surface area contributed by atoms with Gasteiger partial charge in [0.1, 0.15) is 18.2 Å². The molecule has 1 aromatic carbocycles. The number of hydrogen-bond donors (Lipinski definition) is 2. The first-order valence-electron chi connectivity index (χ1n) is 5.61. The third kappa shape index (κ3) is 2.89. The average Bonchev–Trinajstić information content (AvgIpc) is 2.73.